The van der Waals surface area contributed by atoms with Crippen LogP contribution < -0.4 is 59.2 Å². The highest BCUT2D eigenvalue weighted by atomic mass is 16.5. The van der Waals surface area contributed by atoms with Gasteiger partial charge in [-0.1, -0.05) is 380 Å². The van der Waals surface area contributed by atoms with Crippen molar-refractivity contribution >= 4 is 23.6 Å². The van der Waals surface area contributed by atoms with Crippen LogP contribution in [0.5, 0.6) is 46.0 Å². The lowest BCUT2D eigenvalue weighted by molar-refractivity contribution is -0.124. The van der Waals surface area contributed by atoms with Crippen LogP contribution in [-0.4, -0.2) is 78.5 Å². The predicted octanol–water partition coefficient (Wildman–Crippen LogP) is 29.3. The molecule has 4 N–H and O–H groups in total. The molecule has 8 atom stereocenters. The summed E-state index contributed by atoms with van der Waals surface area (Å²) in [5.74, 6) is 1.17. The summed E-state index contributed by atoms with van der Waals surface area (Å²) in [4.78, 5) is 59.5. The van der Waals surface area contributed by atoms with E-state index in [1.807, 2.05) is 173 Å². The molecular weight excluding hydrogens is 1640 g/mol. The molecule has 0 aromatic heterocycles. The lowest BCUT2D eigenvalue weighted by Crippen LogP contribution is -2.31. The summed E-state index contributed by atoms with van der Waals surface area (Å²) in [6.07, 6.45) is 42.7. The monoisotopic (exact) mass is 1810 g/mol. The number of benzene rings is 8. The first-order chi connectivity index (χ1) is 64.5. The first-order valence-corrected chi connectivity index (χ1v) is 51.3. The fraction of sp³-hybridized carbons (Fsp3) is 0.552. The number of hydrogen-bond acceptors (Lipinski definition) is 12. The van der Waals surface area contributed by atoms with Crippen LogP contribution in [0.25, 0.3) is 0 Å². The zero-order chi connectivity index (χ0) is 93.9. The second-order valence-corrected chi connectivity index (χ2v) is 37.2. The Bertz CT molecular complexity index is 4040. The molecule has 0 fully saturated rings. The van der Waals surface area contributed by atoms with E-state index in [4.69, 9.17) is 37.9 Å². The van der Waals surface area contributed by atoms with Gasteiger partial charge in [0.1, 0.15) is 46.0 Å². The van der Waals surface area contributed by atoms with E-state index in [-0.39, 0.29) is 74.2 Å². The minimum absolute atomic E-state index is 0.284. The van der Waals surface area contributed by atoms with Crippen molar-refractivity contribution in [3.8, 4) is 46.0 Å². The van der Waals surface area contributed by atoms with Gasteiger partial charge in [-0.3, -0.25) is 19.2 Å². The number of hydrogen-bond donors (Lipinski definition) is 4. The zero-order valence-electron chi connectivity index (χ0n) is 82.8. The lowest BCUT2D eigenvalue weighted by Gasteiger charge is -2.32. The SMILES string of the molecule is CCCCCCCCCCC[C@@H]1c2cc(c(OCC(=O)N[C@H](C)c3ccccc3)cc2OC)[C@H](CCCCCCCCCCC)c2cc(c(OCC(=O)N[C@H](C)c3ccccc3)cc2OC)[C@H](CCCCCCCCCCC)c2cc(c(OCC(=O)N[C@H](C)c3ccccc3)cc2OC)[C@H](CCCCCCCCCCC)c2cc1c(OCC(=O)N[C@H](C)c1ccccc1)cc2OC. The Morgan fingerprint density at radius 2 is 0.386 bits per heavy atom. The van der Waals surface area contributed by atoms with Crippen LogP contribution in [0.15, 0.2) is 170 Å². The van der Waals surface area contributed by atoms with E-state index in [1.165, 1.54) is 128 Å². The van der Waals surface area contributed by atoms with E-state index in [0.29, 0.717) is 71.7 Å². The van der Waals surface area contributed by atoms with Gasteiger partial charge in [-0.25, -0.2) is 0 Å². The number of unbranched alkanes of at least 4 members (excludes halogenated alkanes) is 32. The second-order valence-electron chi connectivity index (χ2n) is 37.2. The van der Waals surface area contributed by atoms with Crippen molar-refractivity contribution in [3.63, 3.8) is 0 Å². The quantitative estimate of drug-likeness (QED) is 0.0264. The van der Waals surface area contributed by atoms with Gasteiger partial charge in [0, 0.05) is 92.4 Å². The molecule has 0 saturated carbocycles. The van der Waals surface area contributed by atoms with Crippen molar-refractivity contribution in [2.45, 2.75) is 360 Å². The van der Waals surface area contributed by atoms with Crippen LogP contribution in [0.1, 0.15) is 427 Å². The van der Waals surface area contributed by atoms with Crippen LogP contribution in [0.3, 0.4) is 0 Å². The molecule has 720 valence electrons. The van der Waals surface area contributed by atoms with Gasteiger partial charge in [0.25, 0.3) is 23.6 Å². The van der Waals surface area contributed by atoms with Gasteiger partial charge in [-0.05, 0) is 99.9 Å². The van der Waals surface area contributed by atoms with Crippen molar-refractivity contribution < 1.29 is 57.1 Å². The van der Waals surface area contributed by atoms with Gasteiger partial charge in [0.15, 0.2) is 26.4 Å². The maximum Gasteiger partial charge on any atom is 0.258 e. The molecule has 16 heteroatoms. The minimum Gasteiger partial charge on any atom is -0.496 e. The highest BCUT2D eigenvalue weighted by Gasteiger charge is 2.37. The lowest BCUT2D eigenvalue weighted by atomic mass is 9.76. The molecule has 8 aromatic rings. The molecule has 0 aliphatic heterocycles. The van der Waals surface area contributed by atoms with Crippen LogP contribution in [0, 0.1) is 0 Å². The second kappa shape index (κ2) is 60.3. The fourth-order valence-electron chi connectivity index (χ4n) is 19.3. The van der Waals surface area contributed by atoms with Crippen molar-refractivity contribution in [2.24, 2.45) is 0 Å². The summed E-state index contributed by atoms with van der Waals surface area (Å²) in [7, 11) is 6.90. The molecule has 132 heavy (non-hydrogen) atoms. The van der Waals surface area contributed by atoms with Gasteiger partial charge >= 0.3 is 0 Å². The molecule has 8 aromatic carbocycles. The number of rotatable bonds is 64. The van der Waals surface area contributed by atoms with Crippen LogP contribution in [0.2, 0.25) is 0 Å². The van der Waals surface area contributed by atoms with E-state index in [1.54, 1.807) is 28.4 Å². The summed E-state index contributed by atoms with van der Waals surface area (Å²) in [5.41, 5.74) is 10.8. The third-order valence-electron chi connectivity index (χ3n) is 27.0. The number of ether oxygens (including phenoxy) is 8. The molecule has 0 saturated heterocycles. The van der Waals surface area contributed by atoms with E-state index < -0.39 is 23.7 Å². The molecule has 9 rings (SSSR count). The van der Waals surface area contributed by atoms with Gasteiger partial charge < -0.3 is 59.2 Å². The topological polar surface area (TPSA) is 190 Å². The maximum absolute atomic E-state index is 14.9. The third-order valence-corrected chi connectivity index (χ3v) is 27.0. The Morgan fingerprint density at radius 3 is 0.553 bits per heavy atom. The Morgan fingerprint density at radius 1 is 0.227 bits per heavy atom. The molecule has 1 aliphatic rings. The highest BCUT2D eigenvalue weighted by molar-refractivity contribution is 5.80. The van der Waals surface area contributed by atoms with Gasteiger partial charge in [0.2, 0.25) is 0 Å². The molecule has 16 nitrogen and oxygen atoms in total. The van der Waals surface area contributed by atoms with Gasteiger partial charge in [0.05, 0.1) is 52.6 Å². The van der Waals surface area contributed by atoms with Crippen molar-refractivity contribution in [1.29, 1.82) is 0 Å². The smallest absolute Gasteiger partial charge is 0.258 e. The Labute approximate surface area is 794 Å². The fourth-order valence-corrected chi connectivity index (χ4v) is 19.3. The number of fused-ring (bicyclic) bond motifs is 8. The largest absolute Gasteiger partial charge is 0.496 e. The van der Waals surface area contributed by atoms with E-state index in [9.17, 15) is 19.2 Å². The standard InChI is InChI=1S/C116H164N4O12/c1-13-17-21-25-29-33-37-41-57-69-93-97-73-102(110(77-105(97)125-9)130-82-114(122)118-86(6)90-63-51-46-52-64-90)95(71-59-43-39-35-31-27-23-19-15-3)99-75-104(112(79-107(99)127-11)132-84-116(124)120-88(8)92-67-55-48-56-68-92)96(72-60-44-40-36-32-28-24-20-16-4)100-76-103(111(80-108(100)128-12)131-83-115(123)119-87(7)91-65-53-47-54-66-91)94(70-58-42-38-34-30-26-22-18-14-2)98-74-101(93)109(78-106(98)126-10)129-81-113(121)117-85(5)89-61-49-45-50-62-89/h45-56,61-68,73-80,85-88,93-96H,13-44,57-60,69-72,81-84H2,1-12H3,(H,117,121)(H,118,122)(H,119,123)(H,120,124)/t85-,86-,87-,88-,93-,94-,95-,96-/m1/s1. The normalized spacial score (nSPS) is 14.9. The average molecular weight is 1810 g/mol. The molecule has 1 aliphatic carbocycles. The van der Waals surface area contributed by atoms with Crippen LogP contribution in [-0.2, 0) is 19.2 Å². The molecular formula is C116H164N4O12. The summed E-state index contributed by atoms with van der Waals surface area (Å²) in [6, 6.07) is 56.1. The molecule has 0 heterocycles. The Hall–Kier alpha value is -9.96. The average Bonchev–Trinajstić information content (AvgIpc) is 0.744. The number of nitrogens with one attached hydrogen (secondary N) is 4. The van der Waals surface area contributed by atoms with Crippen molar-refractivity contribution in [3.05, 3.63) is 237 Å². The Balaban J connectivity index is 1.40. The zero-order valence-corrected chi connectivity index (χ0v) is 82.8. The molecule has 0 unspecified atom stereocenters. The molecule has 8 bridgehead atoms. The highest BCUT2D eigenvalue weighted by Crippen LogP contribution is 2.54. The predicted molar refractivity (Wildman–Crippen MR) is 541 cm³/mol. The van der Waals surface area contributed by atoms with Crippen LogP contribution in [0.4, 0.5) is 0 Å². The van der Waals surface area contributed by atoms with Crippen molar-refractivity contribution in [1.82, 2.24) is 21.3 Å². The number of amides is 4. The molecule has 0 radical (unpaired) electrons. The van der Waals surface area contributed by atoms with Gasteiger partial charge in [-0.15, -0.1) is 0 Å². The minimum atomic E-state index is -0.477. The Kier molecular flexibility index (Phi) is 48.3. The van der Waals surface area contributed by atoms with Gasteiger partial charge in [-0.2, -0.15) is 0 Å². The van der Waals surface area contributed by atoms with Crippen LogP contribution >= 0.6 is 0 Å². The van der Waals surface area contributed by atoms with E-state index in [2.05, 4.69) is 73.2 Å². The van der Waals surface area contributed by atoms with Crippen molar-refractivity contribution in [2.75, 3.05) is 54.9 Å². The molecule has 4 amide bonds. The third kappa shape index (κ3) is 34.5. The first-order valence-electron chi connectivity index (χ1n) is 51.3. The summed E-state index contributed by atoms with van der Waals surface area (Å²) in [6.45, 7) is 15.9. The van der Waals surface area contributed by atoms with E-state index in [0.717, 1.165) is 169 Å². The summed E-state index contributed by atoms with van der Waals surface area (Å²) < 4.78 is 56.6. The maximum atomic E-state index is 14.9. The summed E-state index contributed by atoms with van der Waals surface area (Å²) in [5, 5.41) is 13.1. The number of carbonyl (C=O) groups excluding carboxylic acids is 4. The first kappa shape index (κ1) is 106. The van der Waals surface area contributed by atoms with E-state index >= 15 is 0 Å². The summed E-state index contributed by atoms with van der Waals surface area (Å²) >= 11 is 0. The number of carbonyl (C=O) groups is 4. The number of methoxy groups -OCH3 is 4. The molecule has 0 spiro atoms.